The van der Waals surface area contributed by atoms with Crippen molar-refractivity contribution in [1.82, 2.24) is 19.4 Å². The van der Waals surface area contributed by atoms with E-state index >= 15 is 0 Å². The summed E-state index contributed by atoms with van der Waals surface area (Å²) in [5.41, 5.74) is 1.03. The molecule has 1 fully saturated rings. The topological polar surface area (TPSA) is 94.0 Å². The lowest BCUT2D eigenvalue weighted by molar-refractivity contribution is -0.113. The first-order chi connectivity index (χ1) is 17.5. The van der Waals surface area contributed by atoms with Crippen molar-refractivity contribution in [3.8, 4) is 0 Å². The van der Waals surface area contributed by atoms with Gasteiger partial charge in [-0.2, -0.15) is 0 Å². The van der Waals surface area contributed by atoms with Gasteiger partial charge in [-0.3, -0.25) is 4.79 Å². The minimum Gasteiger partial charge on any atom is -0.444 e. The van der Waals surface area contributed by atoms with E-state index in [0.29, 0.717) is 38.5 Å². The molecule has 1 aromatic heterocycles. The number of rotatable bonds is 10. The van der Waals surface area contributed by atoms with Crippen LogP contribution in [0.2, 0.25) is 0 Å². The van der Waals surface area contributed by atoms with Gasteiger partial charge in [-0.25, -0.2) is 9.78 Å². The molecule has 204 valence electrons. The maximum atomic E-state index is 14.2. The average molecular weight is 515 g/mol. The SMILES string of the molecule is COCCCCn1c(C(=O)N(CC(C)C)C2CC(C=O)CN(C(=O)OC(C)(C)C)C2)nc2ccccc21. The third-order valence-electron chi connectivity index (χ3n) is 6.39. The van der Waals surface area contributed by atoms with E-state index in [0.717, 1.165) is 30.2 Å². The highest BCUT2D eigenvalue weighted by molar-refractivity contribution is 5.95. The number of imidazole rings is 1. The first-order valence-electron chi connectivity index (χ1n) is 13.2. The summed E-state index contributed by atoms with van der Waals surface area (Å²) in [6, 6.07) is 7.44. The summed E-state index contributed by atoms with van der Waals surface area (Å²) in [5.74, 6) is 0.0188. The van der Waals surface area contributed by atoms with E-state index < -0.39 is 11.7 Å². The molecule has 0 spiro atoms. The number of amides is 2. The van der Waals surface area contributed by atoms with Crippen LogP contribution in [0.3, 0.4) is 0 Å². The highest BCUT2D eigenvalue weighted by Gasteiger charge is 2.38. The van der Waals surface area contributed by atoms with Crippen LogP contribution in [-0.2, 0) is 20.8 Å². The van der Waals surface area contributed by atoms with Gasteiger partial charge in [-0.05, 0) is 58.1 Å². The molecule has 0 aliphatic carbocycles. The fourth-order valence-corrected chi connectivity index (χ4v) is 4.81. The van der Waals surface area contributed by atoms with Crippen molar-refractivity contribution in [1.29, 1.82) is 0 Å². The van der Waals surface area contributed by atoms with Gasteiger partial charge in [0.05, 0.1) is 17.1 Å². The van der Waals surface area contributed by atoms with E-state index in [-0.39, 0.29) is 30.3 Å². The van der Waals surface area contributed by atoms with Crippen molar-refractivity contribution < 1.29 is 23.9 Å². The molecule has 0 N–H and O–H groups in total. The maximum Gasteiger partial charge on any atom is 0.410 e. The molecule has 1 aliphatic heterocycles. The summed E-state index contributed by atoms with van der Waals surface area (Å²) >= 11 is 0. The number of para-hydroxylation sites is 2. The molecule has 1 saturated heterocycles. The molecule has 2 heterocycles. The van der Waals surface area contributed by atoms with Crippen LogP contribution in [0.25, 0.3) is 11.0 Å². The molecule has 2 unspecified atom stereocenters. The van der Waals surface area contributed by atoms with Gasteiger partial charge < -0.3 is 28.6 Å². The molecule has 1 aliphatic rings. The molecule has 0 radical (unpaired) electrons. The number of benzene rings is 1. The van der Waals surface area contributed by atoms with Crippen molar-refractivity contribution in [2.45, 2.75) is 72.1 Å². The molecular weight excluding hydrogens is 472 g/mol. The van der Waals surface area contributed by atoms with E-state index in [1.54, 1.807) is 12.0 Å². The highest BCUT2D eigenvalue weighted by atomic mass is 16.6. The lowest BCUT2D eigenvalue weighted by Gasteiger charge is -2.42. The normalized spacial score (nSPS) is 18.3. The van der Waals surface area contributed by atoms with Crippen LogP contribution >= 0.6 is 0 Å². The van der Waals surface area contributed by atoms with Crippen molar-refractivity contribution in [3.05, 3.63) is 30.1 Å². The zero-order valence-electron chi connectivity index (χ0n) is 23.1. The van der Waals surface area contributed by atoms with E-state index in [4.69, 9.17) is 14.5 Å². The number of aryl methyl sites for hydroxylation is 1. The Morgan fingerprint density at radius 1 is 1.19 bits per heavy atom. The first-order valence-corrected chi connectivity index (χ1v) is 13.2. The van der Waals surface area contributed by atoms with Gasteiger partial charge in [-0.1, -0.05) is 26.0 Å². The number of nitrogens with zero attached hydrogens (tertiary/aromatic N) is 4. The number of unbranched alkanes of at least 4 members (excludes halogenated alkanes) is 1. The number of carbonyl (C=O) groups is 3. The second-order valence-corrected chi connectivity index (χ2v) is 11.3. The second kappa shape index (κ2) is 12.5. The maximum absolute atomic E-state index is 14.2. The van der Waals surface area contributed by atoms with Gasteiger partial charge in [0.15, 0.2) is 5.82 Å². The minimum absolute atomic E-state index is 0.183. The van der Waals surface area contributed by atoms with E-state index in [2.05, 4.69) is 13.8 Å². The van der Waals surface area contributed by atoms with E-state index in [1.807, 2.05) is 54.5 Å². The number of likely N-dealkylation sites (tertiary alicyclic amines) is 1. The van der Waals surface area contributed by atoms with Crippen LogP contribution in [0.1, 0.15) is 64.5 Å². The predicted octanol–water partition coefficient (Wildman–Crippen LogP) is 4.39. The Bertz CT molecular complexity index is 1070. The molecule has 0 saturated carbocycles. The third-order valence-corrected chi connectivity index (χ3v) is 6.39. The molecule has 9 heteroatoms. The lowest BCUT2D eigenvalue weighted by atomic mass is 9.93. The van der Waals surface area contributed by atoms with Crippen LogP contribution in [0.4, 0.5) is 4.79 Å². The Balaban J connectivity index is 1.94. The lowest BCUT2D eigenvalue weighted by Crippen LogP contribution is -2.56. The summed E-state index contributed by atoms with van der Waals surface area (Å²) in [6.07, 6.45) is 2.64. The molecule has 3 rings (SSSR count). The van der Waals surface area contributed by atoms with Crippen molar-refractivity contribution in [2.24, 2.45) is 11.8 Å². The number of fused-ring (bicyclic) bond motifs is 1. The molecule has 2 aromatic rings. The monoisotopic (exact) mass is 514 g/mol. The summed E-state index contributed by atoms with van der Waals surface area (Å²) in [7, 11) is 1.68. The van der Waals surface area contributed by atoms with Crippen molar-refractivity contribution in [3.63, 3.8) is 0 Å². The van der Waals surface area contributed by atoms with Gasteiger partial charge in [0.25, 0.3) is 5.91 Å². The van der Waals surface area contributed by atoms with Crippen molar-refractivity contribution in [2.75, 3.05) is 33.4 Å². The third kappa shape index (κ3) is 7.53. The van der Waals surface area contributed by atoms with Crippen LogP contribution < -0.4 is 0 Å². The smallest absolute Gasteiger partial charge is 0.410 e. The van der Waals surface area contributed by atoms with Gasteiger partial charge >= 0.3 is 6.09 Å². The van der Waals surface area contributed by atoms with E-state index in [9.17, 15) is 14.4 Å². The molecule has 2 atom stereocenters. The predicted molar refractivity (Wildman–Crippen MR) is 142 cm³/mol. The molecule has 1 aromatic carbocycles. The largest absolute Gasteiger partial charge is 0.444 e. The van der Waals surface area contributed by atoms with Crippen LogP contribution in [0.15, 0.2) is 24.3 Å². The number of piperidine rings is 1. The number of ether oxygens (including phenoxy) is 2. The summed E-state index contributed by atoms with van der Waals surface area (Å²) in [4.78, 5) is 47.1. The zero-order chi connectivity index (χ0) is 27.2. The molecule has 37 heavy (non-hydrogen) atoms. The molecule has 9 nitrogen and oxygen atoms in total. The Hall–Kier alpha value is -2.94. The molecular formula is C28H42N4O5. The van der Waals surface area contributed by atoms with Gasteiger partial charge in [0, 0.05) is 45.8 Å². The fourth-order valence-electron chi connectivity index (χ4n) is 4.81. The minimum atomic E-state index is -0.651. The number of methoxy groups -OCH3 is 1. The fraction of sp³-hybridized carbons (Fsp3) is 0.643. The average Bonchev–Trinajstić information content (AvgIpc) is 3.22. The summed E-state index contributed by atoms with van der Waals surface area (Å²) in [6.45, 7) is 11.9. The van der Waals surface area contributed by atoms with Crippen LogP contribution in [-0.4, -0.2) is 82.6 Å². The number of hydrogen-bond donors (Lipinski definition) is 0. The first kappa shape index (κ1) is 28.6. The quantitative estimate of drug-likeness (QED) is 0.345. The number of hydrogen-bond acceptors (Lipinski definition) is 6. The summed E-state index contributed by atoms with van der Waals surface area (Å²) < 4.78 is 12.8. The van der Waals surface area contributed by atoms with Gasteiger partial charge in [0.2, 0.25) is 0 Å². The Kier molecular flexibility index (Phi) is 9.70. The zero-order valence-corrected chi connectivity index (χ0v) is 23.1. The van der Waals surface area contributed by atoms with Gasteiger partial charge in [-0.15, -0.1) is 0 Å². The van der Waals surface area contributed by atoms with Crippen LogP contribution in [0.5, 0.6) is 0 Å². The number of aromatic nitrogens is 2. The summed E-state index contributed by atoms with van der Waals surface area (Å²) in [5, 5.41) is 0. The molecule has 0 bridgehead atoms. The van der Waals surface area contributed by atoms with Crippen LogP contribution in [0, 0.1) is 11.8 Å². The number of carbonyl (C=O) groups excluding carboxylic acids is 3. The van der Waals surface area contributed by atoms with Gasteiger partial charge in [0.1, 0.15) is 11.9 Å². The van der Waals surface area contributed by atoms with E-state index in [1.165, 1.54) is 0 Å². The Labute approximate surface area is 220 Å². The van der Waals surface area contributed by atoms with Crippen molar-refractivity contribution >= 4 is 29.3 Å². The molecule has 2 amide bonds. The standard InChI is InChI=1S/C28H42N4O5/c1-20(2)16-32(22-15-21(19-33)17-30(18-22)27(35)37-28(3,4)5)26(34)25-29-23-11-7-8-12-24(23)31(25)13-9-10-14-36-6/h7-8,11-12,19-22H,9-10,13-18H2,1-6H3. The Morgan fingerprint density at radius 2 is 1.92 bits per heavy atom. The Morgan fingerprint density at radius 3 is 2.57 bits per heavy atom. The second-order valence-electron chi connectivity index (χ2n) is 11.3. The highest BCUT2D eigenvalue weighted by Crippen LogP contribution is 2.26. The number of aldehydes is 1.